The Balaban J connectivity index is 1.93. The van der Waals surface area contributed by atoms with E-state index in [4.69, 9.17) is 20.9 Å². The molecule has 1 N–H and O–H groups in total. The van der Waals surface area contributed by atoms with E-state index in [2.05, 4.69) is 0 Å². The van der Waals surface area contributed by atoms with E-state index in [0.717, 1.165) is 23.9 Å². The van der Waals surface area contributed by atoms with Gasteiger partial charge in [0.1, 0.15) is 0 Å². The lowest BCUT2D eigenvalue weighted by Gasteiger charge is -2.32. The summed E-state index contributed by atoms with van der Waals surface area (Å²) in [5.74, 6) is 0. The maximum absolute atomic E-state index is 10.3. The molecule has 1 aliphatic carbocycles. The lowest BCUT2D eigenvalue weighted by atomic mass is 9.78. The molecule has 3 nitrogen and oxygen atoms in total. The Morgan fingerprint density at radius 2 is 1.65 bits per heavy atom. The summed E-state index contributed by atoms with van der Waals surface area (Å²) in [4.78, 5) is 0. The molecule has 0 radical (unpaired) electrons. The van der Waals surface area contributed by atoms with Crippen molar-refractivity contribution in [2.45, 2.75) is 57.3 Å². The third-order valence-electron chi connectivity index (χ3n) is 4.74. The average Bonchev–Trinajstić information content (AvgIpc) is 3.02. The summed E-state index contributed by atoms with van der Waals surface area (Å²) in [7, 11) is -0.418. The molecule has 0 amide bonds. The number of rotatable bonds is 2. The van der Waals surface area contributed by atoms with Gasteiger partial charge in [0.05, 0.1) is 16.8 Å². The van der Waals surface area contributed by atoms with Crippen LogP contribution in [0.5, 0.6) is 0 Å². The second kappa shape index (κ2) is 4.23. The number of halogens is 1. The second-order valence-corrected chi connectivity index (χ2v) is 7.27. The number of hydrogen-bond acceptors (Lipinski definition) is 3. The molecule has 0 aromatic heterocycles. The van der Waals surface area contributed by atoms with Crippen molar-refractivity contribution in [2.75, 3.05) is 0 Å². The van der Waals surface area contributed by atoms with Crippen LogP contribution in [-0.4, -0.2) is 23.4 Å². The van der Waals surface area contributed by atoms with Gasteiger partial charge in [-0.1, -0.05) is 23.7 Å². The van der Waals surface area contributed by atoms with Crippen molar-refractivity contribution in [1.29, 1.82) is 0 Å². The standard InChI is InChI=1S/C15H20BClO3/c1-13(2)14(3,4)20-16(19-13)10-5-6-12(17)11(9-10)15(18)7-8-15/h5-6,9,18H,7-8H2,1-4H3. The number of benzene rings is 1. The smallest absolute Gasteiger partial charge is 0.399 e. The van der Waals surface area contributed by atoms with Gasteiger partial charge in [0.15, 0.2) is 0 Å². The van der Waals surface area contributed by atoms with Crippen molar-refractivity contribution in [2.24, 2.45) is 0 Å². The predicted octanol–water partition coefficient (Wildman–Crippen LogP) is 2.62. The maximum atomic E-state index is 10.3. The molecule has 0 spiro atoms. The van der Waals surface area contributed by atoms with Crippen molar-refractivity contribution < 1.29 is 14.4 Å². The van der Waals surface area contributed by atoms with Crippen LogP contribution < -0.4 is 5.46 Å². The van der Waals surface area contributed by atoms with Gasteiger partial charge < -0.3 is 14.4 Å². The summed E-state index contributed by atoms with van der Waals surface area (Å²) in [5.41, 5.74) is 0.202. The number of hydrogen-bond donors (Lipinski definition) is 1. The highest BCUT2D eigenvalue weighted by atomic mass is 35.5. The Morgan fingerprint density at radius 3 is 2.15 bits per heavy atom. The molecular formula is C15H20BClO3. The van der Waals surface area contributed by atoms with Crippen LogP contribution in [0, 0.1) is 0 Å². The Morgan fingerprint density at radius 1 is 1.10 bits per heavy atom. The van der Waals surface area contributed by atoms with Crippen molar-refractivity contribution in [3.05, 3.63) is 28.8 Å². The van der Waals surface area contributed by atoms with Gasteiger partial charge in [-0.2, -0.15) is 0 Å². The molecule has 5 heteroatoms. The Bertz CT molecular complexity index is 536. The summed E-state index contributed by atoms with van der Waals surface area (Å²) in [5, 5.41) is 10.9. The fraction of sp³-hybridized carbons (Fsp3) is 0.600. The van der Waals surface area contributed by atoms with Gasteiger partial charge in [-0.15, -0.1) is 0 Å². The van der Waals surface area contributed by atoms with E-state index in [1.54, 1.807) is 0 Å². The minimum absolute atomic E-state index is 0.367. The van der Waals surface area contributed by atoms with Crippen LogP contribution in [0.3, 0.4) is 0 Å². The first-order valence-electron chi connectivity index (χ1n) is 7.03. The van der Waals surface area contributed by atoms with Crippen LogP contribution in [-0.2, 0) is 14.9 Å². The second-order valence-electron chi connectivity index (χ2n) is 6.86. The molecule has 1 saturated carbocycles. The van der Waals surface area contributed by atoms with Gasteiger partial charge in [0.25, 0.3) is 0 Å². The highest BCUT2D eigenvalue weighted by Gasteiger charge is 2.52. The first-order chi connectivity index (χ1) is 9.15. The van der Waals surface area contributed by atoms with Crippen LogP contribution in [0.15, 0.2) is 18.2 Å². The van der Waals surface area contributed by atoms with Gasteiger partial charge in [-0.3, -0.25) is 0 Å². The van der Waals surface area contributed by atoms with E-state index in [0.29, 0.717) is 5.02 Å². The Labute approximate surface area is 125 Å². The molecule has 20 heavy (non-hydrogen) atoms. The molecule has 1 aliphatic heterocycles. The molecule has 108 valence electrons. The normalized spacial score (nSPS) is 25.8. The zero-order chi connectivity index (χ0) is 14.8. The summed E-state index contributed by atoms with van der Waals surface area (Å²) >= 11 is 6.20. The Hall–Kier alpha value is -0.545. The molecule has 1 saturated heterocycles. The summed E-state index contributed by atoms with van der Waals surface area (Å²) in [6.45, 7) is 8.10. The topological polar surface area (TPSA) is 38.7 Å². The van der Waals surface area contributed by atoms with Crippen molar-refractivity contribution >= 4 is 24.2 Å². The molecule has 1 aromatic carbocycles. The van der Waals surface area contributed by atoms with Gasteiger partial charge in [0.2, 0.25) is 0 Å². The molecular weight excluding hydrogens is 274 g/mol. The summed E-state index contributed by atoms with van der Waals surface area (Å²) in [6, 6.07) is 5.63. The predicted molar refractivity (Wildman–Crippen MR) is 80.3 cm³/mol. The minimum Gasteiger partial charge on any atom is -0.399 e. The molecule has 3 rings (SSSR count). The lowest BCUT2D eigenvalue weighted by molar-refractivity contribution is 0.00578. The van der Waals surface area contributed by atoms with E-state index in [-0.39, 0.29) is 11.2 Å². The molecule has 2 aliphatic rings. The average molecular weight is 295 g/mol. The highest BCUT2D eigenvalue weighted by Crippen LogP contribution is 2.47. The van der Waals surface area contributed by atoms with E-state index < -0.39 is 12.7 Å². The van der Waals surface area contributed by atoms with Crippen LogP contribution in [0.1, 0.15) is 46.1 Å². The lowest BCUT2D eigenvalue weighted by Crippen LogP contribution is -2.41. The molecule has 0 unspecified atom stereocenters. The van der Waals surface area contributed by atoms with Gasteiger partial charge in [-0.25, -0.2) is 0 Å². The first-order valence-corrected chi connectivity index (χ1v) is 7.40. The summed E-state index contributed by atoms with van der Waals surface area (Å²) in [6.07, 6.45) is 1.53. The van der Waals surface area contributed by atoms with Crippen LogP contribution in [0.25, 0.3) is 0 Å². The van der Waals surface area contributed by atoms with Crippen molar-refractivity contribution in [1.82, 2.24) is 0 Å². The zero-order valence-corrected chi connectivity index (χ0v) is 13.1. The highest BCUT2D eigenvalue weighted by molar-refractivity contribution is 6.62. The molecule has 1 aromatic rings. The van der Waals surface area contributed by atoms with E-state index >= 15 is 0 Å². The minimum atomic E-state index is -0.753. The fourth-order valence-corrected chi connectivity index (χ4v) is 2.71. The quantitative estimate of drug-likeness (QED) is 0.852. The maximum Gasteiger partial charge on any atom is 0.494 e. The Kier molecular flexibility index (Phi) is 3.05. The fourth-order valence-electron chi connectivity index (χ4n) is 2.41. The van der Waals surface area contributed by atoms with Gasteiger partial charge in [-0.05, 0) is 52.1 Å². The molecule has 1 heterocycles. The largest absolute Gasteiger partial charge is 0.494 e. The molecule has 2 fully saturated rings. The van der Waals surface area contributed by atoms with Crippen LogP contribution in [0.4, 0.5) is 0 Å². The van der Waals surface area contributed by atoms with E-state index in [1.165, 1.54) is 0 Å². The van der Waals surface area contributed by atoms with Crippen molar-refractivity contribution in [3.8, 4) is 0 Å². The molecule has 0 bridgehead atoms. The van der Waals surface area contributed by atoms with Crippen LogP contribution in [0.2, 0.25) is 5.02 Å². The van der Waals surface area contributed by atoms with Gasteiger partial charge in [0, 0.05) is 10.6 Å². The third kappa shape index (κ3) is 2.19. The summed E-state index contributed by atoms with van der Waals surface area (Å²) < 4.78 is 12.1. The SMILES string of the molecule is CC1(C)OB(c2ccc(Cl)c(C3(O)CC3)c2)OC1(C)C. The molecule has 0 atom stereocenters. The van der Waals surface area contributed by atoms with Crippen molar-refractivity contribution in [3.63, 3.8) is 0 Å². The first kappa shape index (κ1) is 14.4. The van der Waals surface area contributed by atoms with Gasteiger partial charge >= 0.3 is 7.12 Å². The monoisotopic (exact) mass is 294 g/mol. The van der Waals surface area contributed by atoms with E-state index in [1.807, 2.05) is 45.9 Å². The van der Waals surface area contributed by atoms with E-state index in [9.17, 15) is 5.11 Å². The zero-order valence-electron chi connectivity index (χ0n) is 12.4. The third-order valence-corrected chi connectivity index (χ3v) is 5.07. The number of aliphatic hydroxyl groups is 1. The van der Waals surface area contributed by atoms with Crippen LogP contribution >= 0.6 is 11.6 Å².